The number of hydrogen-bond acceptors (Lipinski definition) is 5. The molecule has 192 valence electrons. The van der Waals surface area contributed by atoms with Crippen molar-refractivity contribution in [2.45, 2.75) is 32.2 Å². The molecule has 0 saturated carbocycles. The Kier molecular flexibility index (Phi) is 6.98. The van der Waals surface area contributed by atoms with Crippen LogP contribution >= 0.6 is 11.6 Å². The van der Waals surface area contributed by atoms with Crippen LogP contribution < -0.4 is 19.5 Å². The number of carbonyl (C=O) groups is 2. The Morgan fingerprint density at radius 3 is 2.43 bits per heavy atom. The van der Waals surface area contributed by atoms with Gasteiger partial charge in [0.2, 0.25) is 5.91 Å². The monoisotopic (exact) mass is 520 g/mol. The third-order valence-electron chi connectivity index (χ3n) is 6.89. The highest BCUT2D eigenvalue weighted by Gasteiger charge is 2.46. The SMILES string of the molecule is CCOc1cc2c(cc1OCC)[C@H]1[C@H](C(=O)Nc3ccc(OC)c(Cl)c3)c3ccccc3C(=O)N1CC2. The van der Waals surface area contributed by atoms with Gasteiger partial charge in [-0.15, -0.1) is 0 Å². The van der Waals surface area contributed by atoms with E-state index in [0.29, 0.717) is 65.3 Å². The summed E-state index contributed by atoms with van der Waals surface area (Å²) in [6, 6.07) is 15.9. The first kappa shape index (κ1) is 25.0. The molecular weight excluding hydrogens is 492 g/mol. The molecule has 3 aromatic carbocycles. The zero-order valence-electron chi connectivity index (χ0n) is 21.0. The summed E-state index contributed by atoms with van der Waals surface area (Å²) in [5, 5.41) is 3.42. The van der Waals surface area contributed by atoms with E-state index in [1.807, 2.05) is 49.1 Å². The number of rotatable bonds is 7. The summed E-state index contributed by atoms with van der Waals surface area (Å²) in [5.41, 5.74) is 3.74. The summed E-state index contributed by atoms with van der Waals surface area (Å²) in [5.74, 6) is 0.867. The predicted molar refractivity (Wildman–Crippen MR) is 142 cm³/mol. The van der Waals surface area contributed by atoms with Crippen molar-refractivity contribution in [3.63, 3.8) is 0 Å². The molecule has 2 heterocycles. The molecule has 2 aliphatic rings. The lowest BCUT2D eigenvalue weighted by Crippen LogP contribution is -2.49. The molecule has 0 bridgehead atoms. The van der Waals surface area contributed by atoms with Crippen LogP contribution in [0.4, 0.5) is 5.69 Å². The van der Waals surface area contributed by atoms with Gasteiger partial charge in [0, 0.05) is 17.8 Å². The van der Waals surface area contributed by atoms with Gasteiger partial charge in [0.25, 0.3) is 5.91 Å². The fourth-order valence-corrected chi connectivity index (χ4v) is 5.58. The first-order chi connectivity index (χ1) is 18.0. The zero-order valence-corrected chi connectivity index (χ0v) is 21.8. The molecule has 2 amide bonds. The molecule has 3 aromatic rings. The van der Waals surface area contributed by atoms with Crippen molar-refractivity contribution in [1.82, 2.24) is 4.90 Å². The molecule has 0 radical (unpaired) electrons. The van der Waals surface area contributed by atoms with Gasteiger partial charge in [-0.25, -0.2) is 0 Å². The maximum atomic E-state index is 14.0. The van der Waals surface area contributed by atoms with Gasteiger partial charge < -0.3 is 24.4 Å². The molecule has 2 aliphatic heterocycles. The van der Waals surface area contributed by atoms with E-state index in [-0.39, 0.29) is 11.8 Å². The Morgan fingerprint density at radius 2 is 1.73 bits per heavy atom. The number of methoxy groups -OCH3 is 1. The minimum Gasteiger partial charge on any atom is -0.495 e. The predicted octanol–water partition coefficient (Wildman–Crippen LogP) is 5.62. The van der Waals surface area contributed by atoms with Crippen molar-refractivity contribution in [3.05, 3.63) is 81.9 Å². The normalized spacial score (nSPS) is 17.8. The highest BCUT2D eigenvalue weighted by molar-refractivity contribution is 6.32. The van der Waals surface area contributed by atoms with Gasteiger partial charge in [-0.05, 0) is 73.4 Å². The van der Waals surface area contributed by atoms with E-state index in [1.165, 1.54) is 7.11 Å². The van der Waals surface area contributed by atoms with E-state index in [0.717, 1.165) is 11.1 Å². The van der Waals surface area contributed by atoms with Crippen LogP contribution in [-0.2, 0) is 11.2 Å². The molecule has 0 aliphatic carbocycles. The highest BCUT2D eigenvalue weighted by atomic mass is 35.5. The molecule has 2 atom stereocenters. The minimum absolute atomic E-state index is 0.0744. The van der Waals surface area contributed by atoms with Crippen LogP contribution in [-0.4, -0.2) is 43.6 Å². The van der Waals surface area contributed by atoms with Crippen LogP contribution in [0, 0.1) is 0 Å². The van der Waals surface area contributed by atoms with Crippen molar-refractivity contribution in [2.75, 3.05) is 32.2 Å². The van der Waals surface area contributed by atoms with Crippen LogP contribution in [0.25, 0.3) is 0 Å². The molecule has 5 rings (SSSR count). The van der Waals surface area contributed by atoms with Crippen molar-refractivity contribution >= 4 is 29.1 Å². The van der Waals surface area contributed by atoms with E-state index in [2.05, 4.69) is 5.32 Å². The maximum absolute atomic E-state index is 14.0. The van der Waals surface area contributed by atoms with Crippen molar-refractivity contribution in [1.29, 1.82) is 0 Å². The van der Waals surface area contributed by atoms with Crippen molar-refractivity contribution in [3.8, 4) is 17.2 Å². The summed E-state index contributed by atoms with van der Waals surface area (Å²) < 4.78 is 17.0. The lowest BCUT2D eigenvalue weighted by Gasteiger charge is -2.45. The standard InChI is InChI=1S/C29H29ClN2O5/c1-4-36-24-14-17-12-13-32-27(21(17)16-25(24)37-5-2)26(19-8-6-7-9-20(19)29(32)34)28(33)31-18-10-11-23(35-3)22(30)15-18/h6-11,14-16,26-27H,4-5,12-13H2,1-3H3,(H,31,33)/t26-,27+/m1/s1. The number of hydrogen-bond donors (Lipinski definition) is 1. The number of nitrogens with zero attached hydrogens (tertiary/aromatic N) is 1. The van der Waals surface area contributed by atoms with Crippen LogP contribution in [0.1, 0.15) is 52.9 Å². The number of anilines is 1. The third-order valence-corrected chi connectivity index (χ3v) is 7.18. The average molecular weight is 521 g/mol. The highest BCUT2D eigenvalue weighted by Crippen LogP contribution is 2.48. The van der Waals surface area contributed by atoms with Gasteiger partial charge in [-0.2, -0.15) is 0 Å². The molecule has 1 N–H and O–H groups in total. The number of halogens is 1. The first-order valence-corrected chi connectivity index (χ1v) is 12.8. The van der Waals surface area contributed by atoms with Crippen LogP contribution in [0.3, 0.4) is 0 Å². The molecule has 0 saturated heterocycles. The Balaban J connectivity index is 1.62. The average Bonchev–Trinajstić information content (AvgIpc) is 2.89. The van der Waals surface area contributed by atoms with E-state index in [9.17, 15) is 9.59 Å². The van der Waals surface area contributed by atoms with E-state index in [4.69, 9.17) is 25.8 Å². The second-order valence-corrected chi connectivity index (χ2v) is 9.37. The maximum Gasteiger partial charge on any atom is 0.254 e. The van der Waals surface area contributed by atoms with Crippen molar-refractivity contribution < 1.29 is 23.8 Å². The fourth-order valence-electron chi connectivity index (χ4n) is 5.32. The van der Waals surface area contributed by atoms with Crippen LogP contribution in [0.15, 0.2) is 54.6 Å². The van der Waals surface area contributed by atoms with Gasteiger partial charge in [0.1, 0.15) is 5.75 Å². The summed E-state index contributed by atoms with van der Waals surface area (Å²) >= 11 is 6.31. The van der Waals surface area contributed by atoms with Gasteiger partial charge in [-0.3, -0.25) is 9.59 Å². The molecule has 37 heavy (non-hydrogen) atoms. The number of amides is 2. The van der Waals surface area contributed by atoms with Gasteiger partial charge in [0.05, 0.1) is 37.3 Å². The quantitative estimate of drug-likeness (QED) is 0.437. The summed E-state index contributed by atoms with van der Waals surface area (Å²) in [6.45, 7) is 5.33. The summed E-state index contributed by atoms with van der Waals surface area (Å²) in [4.78, 5) is 29.4. The Hall–Kier alpha value is -3.71. The minimum atomic E-state index is -0.638. The molecule has 8 heteroatoms. The molecule has 0 spiro atoms. The smallest absolute Gasteiger partial charge is 0.254 e. The van der Waals surface area contributed by atoms with E-state index in [1.54, 1.807) is 24.3 Å². The first-order valence-electron chi connectivity index (χ1n) is 12.4. The Bertz CT molecular complexity index is 1360. The number of benzene rings is 3. The van der Waals surface area contributed by atoms with Gasteiger partial charge in [0.15, 0.2) is 11.5 Å². The molecule has 7 nitrogen and oxygen atoms in total. The lowest BCUT2D eigenvalue weighted by molar-refractivity contribution is -0.119. The van der Waals surface area contributed by atoms with Crippen LogP contribution in [0.2, 0.25) is 5.02 Å². The number of fused-ring (bicyclic) bond motifs is 4. The third kappa shape index (κ3) is 4.48. The lowest BCUT2D eigenvalue weighted by atomic mass is 9.75. The molecule has 0 unspecified atom stereocenters. The molecule has 0 aromatic heterocycles. The Morgan fingerprint density at radius 1 is 1.00 bits per heavy atom. The van der Waals surface area contributed by atoms with Gasteiger partial charge in [-0.1, -0.05) is 29.8 Å². The summed E-state index contributed by atoms with van der Waals surface area (Å²) in [6.07, 6.45) is 0.661. The number of carbonyl (C=O) groups excluding carboxylic acids is 2. The van der Waals surface area contributed by atoms with Crippen LogP contribution in [0.5, 0.6) is 17.2 Å². The topological polar surface area (TPSA) is 77.1 Å². The molecular formula is C29H29ClN2O5. The van der Waals surface area contributed by atoms with E-state index < -0.39 is 12.0 Å². The number of ether oxygens (including phenoxy) is 3. The zero-order chi connectivity index (χ0) is 26.1. The second kappa shape index (κ2) is 10.3. The Labute approximate surface area is 221 Å². The van der Waals surface area contributed by atoms with Crippen molar-refractivity contribution in [2.24, 2.45) is 0 Å². The number of nitrogens with one attached hydrogen (secondary N) is 1. The second-order valence-electron chi connectivity index (χ2n) is 8.96. The van der Waals surface area contributed by atoms with Gasteiger partial charge >= 0.3 is 0 Å². The largest absolute Gasteiger partial charge is 0.495 e. The fraction of sp³-hybridized carbons (Fsp3) is 0.310. The molecule has 0 fully saturated rings. The summed E-state index contributed by atoms with van der Waals surface area (Å²) in [7, 11) is 1.54. The van der Waals surface area contributed by atoms with E-state index >= 15 is 0 Å².